The van der Waals surface area contributed by atoms with Gasteiger partial charge in [-0.05, 0) is 38.0 Å². The summed E-state index contributed by atoms with van der Waals surface area (Å²) in [6, 6.07) is 4.57. The van der Waals surface area contributed by atoms with Crippen LogP contribution in [0.5, 0.6) is 0 Å². The molecule has 0 radical (unpaired) electrons. The van der Waals surface area contributed by atoms with Gasteiger partial charge in [0, 0.05) is 25.4 Å². The number of aromatic nitrogens is 6. The highest BCUT2D eigenvalue weighted by atomic mass is 19.4. The van der Waals surface area contributed by atoms with Crippen molar-refractivity contribution >= 4 is 34.4 Å². The van der Waals surface area contributed by atoms with Gasteiger partial charge in [0.05, 0.1) is 5.69 Å². The number of amides is 1. The highest BCUT2D eigenvalue weighted by Gasteiger charge is 2.30. The zero-order chi connectivity index (χ0) is 24.2. The van der Waals surface area contributed by atoms with Gasteiger partial charge in [0.1, 0.15) is 29.4 Å². The Hall–Kier alpha value is -3.90. The molecule has 34 heavy (non-hydrogen) atoms. The van der Waals surface area contributed by atoms with E-state index < -0.39 is 18.8 Å². The summed E-state index contributed by atoms with van der Waals surface area (Å²) in [4.78, 5) is 27.0. The van der Waals surface area contributed by atoms with E-state index in [1.165, 1.54) is 11.4 Å². The third-order valence-electron chi connectivity index (χ3n) is 5.90. The number of anilines is 2. The number of carbonyl (C=O) groups excluding carboxylic acids is 1. The number of alkyl halides is 3. The molecule has 1 amide bonds. The molecule has 4 aromatic heterocycles. The SMILES string of the molecule is Cc1nc2ccc(-c3ccn4nc(N[C@H]5CCCN(C)C5=O)nc(N)c34)nc2n1CC(F)(F)F. The van der Waals surface area contributed by atoms with Gasteiger partial charge in [-0.15, -0.1) is 5.10 Å². The van der Waals surface area contributed by atoms with Crippen molar-refractivity contribution in [2.45, 2.75) is 38.5 Å². The van der Waals surface area contributed by atoms with Crippen LogP contribution in [0.1, 0.15) is 18.7 Å². The van der Waals surface area contributed by atoms with Gasteiger partial charge in [-0.3, -0.25) is 4.79 Å². The fourth-order valence-electron chi connectivity index (χ4n) is 4.28. The molecular weight excluding hydrogens is 451 g/mol. The van der Waals surface area contributed by atoms with E-state index in [1.54, 1.807) is 36.3 Å². The molecule has 1 aliphatic heterocycles. The predicted molar refractivity (Wildman–Crippen MR) is 119 cm³/mol. The Bertz CT molecular complexity index is 1410. The number of likely N-dealkylation sites (tertiary alicyclic amines) is 1. The van der Waals surface area contributed by atoms with E-state index in [4.69, 9.17) is 5.73 Å². The number of likely N-dealkylation sites (N-methyl/N-ethyl adjacent to an activating group) is 1. The Morgan fingerprint density at radius 2 is 2.00 bits per heavy atom. The second-order valence-corrected chi connectivity index (χ2v) is 8.34. The van der Waals surface area contributed by atoms with Crippen LogP contribution in [0.25, 0.3) is 27.9 Å². The Morgan fingerprint density at radius 1 is 1.21 bits per heavy atom. The maximum absolute atomic E-state index is 13.1. The Labute approximate surface area is 191 Å². The Balaban J connectivity index is 1.52. The van der Waals surface area contributed by atoms with E-state index in [-0.39, 0.29) is 29.1 Å². The van der Waals surface area contributed by atoms with Crippen LogP contribution in [0.2, 0.25) is 0 Å². The van der Waals surface area contributed by atoms with Gasteiger partial charge in [-0.2, -0.15) is 18.2 Å². The van der Waals surface area contributed by atoms with Crippen LogP contribution in [-0.2, 0) is 11.3 Å². The van der Waals surface area contributed by atoms with Crippen LogP contribution >= 0.6 is 0 Å². The molecule has 3 N–H and O–H groups in total. The van der Waals surface area contributed by atoms with Gasteiger partial charge >= 0.3 is 6.18 Å². The summed E-state index contributed by atoms with van der Waals surface area (Å²) >= 11 is 0. The molecule has 13 heteroatoms. The van der Waals surface area contributed by atoms with Crippen molar-refractivity contribution in [1.82, 2.24) is 34.0 Å². The summed E-state index contributed by atoms with van der Waals surface area (Å²) in [6.45, 7) is 1.03. The first kappa shape index (κ1) is 21.9. The van der Waals surface area contributed by atoms with Gasteiger partial charge in [-0.1, -0.05) is 0 Å². The molecule has 0 spiro atoms. The lowest BCUT2D eigenvalue weighted by molar-refractivity contribution is -0.140. The first-order valence-electron chi connectivity index (χ1n) is 10.7. The molecule has 0 saturated carbocycles. The van der Waals surface area contributed by atoms with Crippen LogP contribution in [-0.4, -0.2) is 65.8 Å². The summed E-state index contributed by atoms with van der Waals surface area (Å²) in [6.07, 6.45) is -1.22. The maximum Gasteiger partial charge on any atom is 0.406 e. The molecule has 10 nitrogen and oxygen atoms in total. The molecule has 0 unspecified atom stereocenters. The van der Waals surface area contributed by atoms with Gasteiger partial charge < -0.3 is 20.5 Å². The molecule has 4 aromatic rings. The van der Waals surface area contributed by atoms with Crippen molar-refractivity contribution in [3.05, 3.63) is 30.2 Å². The number of imidazole rings is 1. The van der Waals surface area contributed by atoms with Crippen molar-refractivity contribution < 1.29 is 18.0 Å². The van der Waals surface area contributed by atoms with Crippen molar-refractivity contribution in [3.63, 3.8) is 0 Å². The summed E-state index contributed by atoms with van der Waals surface area (Å²) in [5.41, 5.74) is 8.17. The van der Waals surface area contributed by atoms with E-state index in [1.807, 2.05) is 0 Å². The minimum absolute atomic E-state index is 0.0371. The highest BCUT2D eigenvalue weighted by molar-refractivity contribution is 5.89. The lowest BCUT2D eigenvalue weighted by Gasteiger charge is -2.29. The number of piperidine rings is 1. The minimum Gasteiger partial charge on any atom is -0.382 e. The monoisotopic (exact) mass is 473 g/mol. The van der Waals surface area contributed by atoms with Crippen LogP contribution in [0, 0.1) is 6.92 Å². The number of hydrogen-bond donors (Lipinski definition) is 2. The molecule has 1 saturated heterocycles. The molecular formula is C21H22F3N9O. The lowest BCUT2D eigenvalue weighted by atomic mass is 10.1. The van der Waals surface area contributed by atoms with E-state index in [2.05, 4.69) is 25.4 Å². The number of nitrogens with one attached hydrogen (secondary N) is 1. The number of nitrogen functional groups attached to an aromatic ring is 1. The zero-order valence-corrected chi connectivity index (χ0v) is 18.5. The van der Waals surface area contributed by atoms with E-state index in [9.17, 15) is 18.0 Å². The number of aryl methyl sites for hydroxylation is 1. The second-order valence-electron chi connectivity index (χ2n) is 8.34. The number of pyridine rings is 1. The van der Waals surface area contributed by atoms with Gasteiger partial charge in [0.25, 0.3) is 0 Å². The second kappa shape index (κ2) is 7.85. The minimum atomic E-state index is -4.41. The number of hydrogen-bond acceptors (Lipinski definition) is 7. The molecule has 5 rings (SSSR count). The van der Waals surface area contributed by atoms with Crippen molar-refractivity contribution in [2.24, 2.45) is 0 Å². The van der Waals surface area contributed by atoms with Crippen molar-refractivity contribution in [1.29, 1.82) is 0 Å². The highest BCUT2D eigenvalue weighted by Crippen LogP contribution is 2.30. The van der Waals surface area contributed by atoms with Crippen molar-refractivity contribution in [3.8, 4) is 11.3 Å². The first-order valence-corrected chi connectivity index (χ1v) is 10.7. The van der Waals surface area contributed by atoms with E-state index >= 15 is 0 Å². The third-order valence-corrected chi connectivity index (χ3v) is 5.90. The predicted octanol–water partition coefficient (Wildman–Crippen LogP) is 2.63. The number of halogens is 3. The fraction of sp³-hybridized carbons (Fsp3) is 0.381. The third kappa shape index (κ3) is 3.86. The summed E-state index contributed by atoms with van der Waals surface area (Å²) in [7, 11) is 1.75. The molecule has 0 aliphatic carbocycles. The molecule has 1 atom stereocenters. The van der Waals surface area contributed by atoms with Crippen LogP contribution in [0.3, 0.4) is 0 Å². The van der Waals surface area contributed by atoms with Gasteiger partial charge in [0.15, 0.2) is 11.5 Å². The molecule has 1 fully saturated rings. The molecule has 0 bridgehead atoms. The zero-order valence-electron chi connectivity index (χ0n) is 18.5. The van der Waals surface area contributed by atoms with Gasteiger partial charge in [0.2, 0.25) is 11.9 Å². The van der Waals surface area contributed by atoms with Crippen molar-refractivity contribution in [2.75, 3.05) is 24.6 Å². The maximum atomic E-state index is 13.1. The first-order chi connectivity index (χ1) is 16.1. The summed E-state index contributed by atoms with van der Waals surface area (Å²) in [5.74, 6) is 0.546. The van der Waals surface area contributed by atoms with Crippen LogP contribution < -0.4 is 11.1 Å². The lowest BCUT2D eigenvalue weighted by Crippen LogP contribution is -2.45. The quantitative estimate of drug-likeness (QED) is 0.468. The molecule has 1 aliphatic rings. The number of rotatable bonds is 4. The fourth-order valence-corrected chi connectivity index (χ4v) is 4.28. The smallest absolute Gasteiger partial charge is 0.382 e. The standard InChI is InChI=1S/C21H22F3N9O/c1-11-26-14-6-5-13(27-18(14)32(11)10-21(22,23)24)12-7-9-33-16(12)17(25)29-20(30-33)28-15-4-3-8-31(2)19(15)34/h5-7,9,15H,3-4,8,10H2,1-2H3,(H3,25,28,29,30)/t15-/m0/s1. The normalized spacial score (nSPS) is 17.1. The van der Waals surface area contributed by atoms with Crippen LogP contribution in [0.15, 0.2) is 24.4 Å². The molecule has 0 aromatic carbocycles. The Morgan fingerprint density at radius 3 is 2.76 bits per heavy atom. The molecule has 178 valence electrons. The summed E-state index contributed by atoms with van der Waals surface area (Å²) in [5, 5.41) is 7.47. The van der Waals surface area contributed by atoms with E-state index in [0.717, 1.165) is 11.0 Å². The number of nitrogens with two attached hydrogens (primary N) is 1. The number of nitrogens with zero attached hydrogens (tertiary/aromatic N) is 7. The largest absolute Gasteiger partial charge is 0.406 e. The topological polar surface area (TPSA) is 119 Å². The number of fused-ring (bicyclic) bond motifs is 2. The summed E-state index contributed by atoms with van der Waals surface area (Å²) < 4.78 is 41.8. The van der Waals surface area contributed by atoms with Crippen LogP contribution in [0.4, 0.5) is 24.9 Å². The molecule has 5 heterocycles. The number of carbonyl (C=O) groups is 1. The average Bonchev–Trinajstić information content (AvgIpc) is 3.32. The van der Waals surface area contributed by atoms with E-state index in [0.29, 0.717) is 35.3 Å². The van der Waals surface area contributed by atoms with Gasteiger partial charge in [-0.25, -0.2) is 14.5 Å². The average molecular weight is 473 g/mol. The Kier molecular flexibility index (Phi) is 5.06.